The fraction of sp³-hybridized carbons (Fsp3) is 0.244. The van der Waals surface area contributed by atoms with Crippen molar-refractivity contribution < 1.29 is 18.9 Å². The Morgan fingerprint density at radius 2 is 1.05 bits per heavy atom. The van der Waals surface area contributed by atoms with Gasteiger partial charge in [-0.15, -0.1) is 39.7 Å². The summed E-state index contributed by atoms with van der Waals surface area (Å²) in [7, 11) is 12.5. The molecule has 0 aromatic heterocycles. The van der Waals surface area contributed by atoms with E-state index in [1.165, 1.54) is 40.8 Å². The van der Waals surface area contributed by atoms with Crippen LogP contribution in [0.15, 0.2) is 140 Å². The van der Waals surface area contributed by atoms with Crippen molar-refractivity contribution in [1.82, 2.24) is 0 Å². The van der Waals surface area contributed by atoms with Gasteiger partial charge in [-0.25, -0.2) is 6.07 Å². The first-order valence-electron chi connectivity index (χ1n) is 16.0. The summed E-state index contributed by atoms with van der Waals surface area (Å²) in [5.41, 5.74) is 4.58. The molecule has 4 bridgehead atoms. The second-order valence-electron chi connectivity index (χ2n) is 13.1. The van der Waals surface area contributed by atoms with Crippen LogP contribution >= 0.6 is 17.0 Å². The van der Waals surface area contributed by atoms with Gasteiger partial charge in [0.25, 0.3) is 0 Å². The topological polar surface area (TPSA) is 0 Å². The van der Waals surface area contributed by atoms with Crippen LogP contribution in [0.1, 0.15) is 55.2 Å². The first kappa shape index (κ1) is 30.1. The molecule has 6 aromatic rings. The fourth-order valence-corrected chi connectivity index (χ4v) is 13.2. The number of fused-ring (bicyclic) bond motifs is 3. The van der Waals surface area contributed by atoms with Gasteiger partial charge >= 0.3 is 111 Å². The number of hydrogen-bond donors (Lipinski definition) is 0. The molecule has 4 aliphatic rings. The Morgan fingerprint density at radius 3 is 1.48 bits per heavy atom. The summed E-state index contributed by atoms with van der Waals surface area (Å²) in [6.07, 6.45) is 9.18. The van der Waals surface area contributed by atoms with E-state index in [1.54, 1.807) is 24.8 Å². The van der Waals surface area contributed by atoms with Crippen LogP contribution in [-0.2, 0) is 24.3 Å². The van der Waals surface area contributed by atoms with E-state index in [2.05, 4.69) is 103 Å². The Labute approximate surface area is 276 Å². The molecule has 0 radical (unpaired) electrons. The summed E-state index contributed by atoms with van der Waals surface area (Å²) in [5, 5.41) is 5.39. The van der Waals surface area contributed by atoms with E-state index in [1.807, 2.05) is 36.4 Å². The summed E-state index contributed by atoms with van der Waals surface area (Å²) < 4.78 is 1.15. The van der Waals surface area contributed by atoms with E-state index in [-0.39, 0.29) is 0 Å². The summed E-state index contributed by atoms with van der Waals surface area (Å²) >= 11 is -2.44. The average molecular weight is 693 g/mol. The maximum absolute atomic E-state index is 6.24. The molecule has 0 unspecified atom stereocenters. The van der Waals surface area contributed by atoms with Crippen molar-refractivity contribution in [2.45, 2.75) is 43.9 Å². The van der Waals surface area contributed by atoms with Gasteiger partial charge in [0.05, 0.1) is 0 Å². The minimum Gasteiger partial charge on any atom is -0.210 e. The van der Waals surface area contributed by atoms with Crippen molar-refractivity contribution in [1.29, 1.82) is 0 Å². The van der Waals surface area contributed by atoms with Crippen molar-refractivity contribution in [2.24, 2.45) is 17.8 Å². The van der Waals surface area contributed by atoms with Crippen molar-refractivity contribution in [3.63, 3.8) is 0 Å². The quantitative estimate of drug-likeness (QED) is 0.162. The average Bonchev–Trinajstić information content (AvgIpc) is 3.72. The molecule has 6 aromatic carbocycles. The Morgan fingerprint density at radius 1 is 0.591 bits per heavy atom. The zero-order valence-corrected chi connectivity index (χ0v) is 29.0. The van der Waals surface area contributed by atoms with Gasteiger partial charge in [-0.3, -0.25) is 0 Å². The standard InChI is InChI=1S/C15H19.C13H9.C13H10.2ClH.Zr/c1-2-4-14(3-1)15-8-11-5-12(9-15)7-13(6-11)10-15;1-3-7-12-10(5-1)9-11-6-2-4-8-13(11)12;1-3-7-12(8-4-1)11-13-9-5-2-6-10-13;;;/h1-4,11-13H,5-10H2;1-9H;1-10H;2*1H;/q2*-1;;;;+2/p-2. The second kappa shape index (κ2) is 13.4. The molecule has 0 spiro atoms. The van der Waals surface area contributed by atoms with Gasteiger partial charge < -0.3 is 0 Å². The van der Waals surface area contributed by atoms with Crippen molar-refractivity contribution in [3.8, 4) is 0 Å². The maximum Gasteiger partial charge on any atom is -0.0411 e. The zero-order valence-electron chi connectivity index (χ0n) is 25.0. The van der Waals surface area contributed by atoms with Crippen LogP contribution in [-0.4, -0.2) is 3.21 Å². The third-order valence-corrected chi connectivity index (χ3v) is 14.7. The van der Waals surface area contributed by atoms with Gasteiger partial charge in [-0.05, 0) is 37.0 Å². The Kier molecular flexibility index (Phi) is 9.19. The second-order valence-corrected chi connectivity index (χ2v) is 21.2. The minimum atomic E-state index is -2.44. The van der Waals surface area contributed by atoms with E-state index < -0.39 is 18.9 Å². The Balaban J connectivity index is 0.000000107. The van der Waals surface area contributed by atoms with Crippen LogP contribution in [0.3, 0.4) is 0 Å². The molecule has 222 valence electrons. The van der Waals surface area contributed by atoms with E-state index in [9.17, 15) is 0 Å². The largest absolute Gasteiger partial charge is 0.210 e. The normalized spacial score (nSPS) is 23.0. The number of halogens is 2. The molecule has 44 heavy (non-hydrogen) atoms. The van der Waals surface area contributed by atoms with E-state index >= 15 is 0 Å². The zero-order chi connectivity index (χ0) is 29.9. The van der Waals surface area contributed by atoms with Gasteiger partial charge in [0.1, 0.15) is 0 Å². The maximum atomic E-state index is 6.24. The van der Waals surface area contributed by atoms with Crippen LogP contribution in [0.5, 0.6) is 0 Å². The molecule has 0 N–H and O–H groups in total. The number of rotatable bonds is 3. The van der Waals surface area contributed by atoms with Gasteiger partial charge in [-0.1, -0.05) is 61.1 Å². The number of benzene rings is 4. The summed E-state index contributed by atoms with van der Waals surface area (Å²) in [5.74, 6) is 3.23. The van der Waals surface area contributed by atoms with Gasteiger partial charge in [0, 0.05) is 0 Å². The third kappa shape index (κ3) is 6.40. The van der Waals surface area contributed by atoms with Gasteiger partial charge in [-0.2, -0.15) is 23.8 Å². The van der Waals surface area contributed by atoms with E-state index in [4.69, 9.17) is 17.0 Å². The minimum absolute atomic E-state index is 0.623. The molecule has 0 heterocycles. The molecule has 0 saturated heterocycles. The van der Waals surface area contributed by atoms with Crippen LogP contribution in [0.4, 0.5) is 0 Å². The summed E-state index contributed by atoms with van der Waals surface area (Å²) in [6, 6.07) is 48.8. The van der Waals surface area contributed by atoms with Crippen molar-refractivity contribution in [3.05, 3.63) is 156 Å². The van der Waals surface area contributed by atoms with Crippen molar-refractivity contribution in [2.75, 3.05) is 0 Å². The first-order chi connectivity index (χ1) is 21.6. The molecule has 0 nitrogen and oxygen atoms in total. The van der Waals surface area contributed by atoms with Crippen LogP contribution < -0.4 is 0 Å². The summed E-state index contributed by atoms with van der Waals surface area (Å²) in [6.45, 7) is 0. The van der Waals surface area contributed by atoms with E-state index in [0.717, 1.165) is 32.1 Å². The first-order valence-corrected chi connectivity index (χ1v) is 23.6. The Hall–Kier alpha value is -2.57. The fourth-order valence-electron chi connectivity index (χ4n) is 8.69. The monoisotopic (exact) mass is 690 g/mol. The van der Waals surface area contributed by atoms with E-state index in [0.29, 0.717) is 5.41 Å². The van der Waals surface area contributed by atoms with Gasteiger partial charge in [0.15, 0.2) is 0 Å². The smallest absolute Gasteiger partial charge is 0.0411 e. The van der Waals surface area contributed by atoms with Crippen LogP contribution in [0, 0.1) is 17.8 Å². The van der Waals surface area contributed by atoms with Crippen LogP contribution in [0.25, 0.3) is 21.5 Å². The van der Waals surface area contributed by atoms with Crippen LogP contribution in [0.2, 0.25) is 0 Å². The summed E-state index contributed by atoms with van der Waals surface area (Å²) in [4.78, 5) is 0. The molecule has 0 aliphatic heterocycles. The molecule has 3 heteroatoms. The molecule has 10 rings (SSSR count). The number of hydrogen-bond acceptors (Lipinski definition) is 0. The Bertz CT molecular complexity index is 1720. The molecule has 4 fully saturated rings. The molecular weight excluding hydrogens is 655 g/mol. The third-order valence-electron chi connectivity index (χ3n) is 10.1. The SMILES string of the molecule is [Cl][Zr]([Cl])=[C](c1ccccc1)c1ccccc1.c1cc(C23CC4CC(CC(C4)C2)C3)c[cH-]1.c1ccc2c(c1)[cH-]c1ccccc12. The van der Waals surface area contributed by atoms with Gasteiger partial charge in [0.2, 0.25) is 0 Å². The molecular formula is C41H38Cl2Zr-2. The molecule has 4 aliphatic carbocycles. The molecule has 0 atom stereocenters. The predicted molar refractivity (Wildman–Crippen MR) is 187 cm³/mol. The predicted octanol–water partition coefficient (Wildman–Crippen LogP) is 11.8. The molecule has 0 amide bonds. The van der Waals surface area contributed by atoms with Crippen molar-refractivity contribution >= 4 is 41.8 Å². The molecule has 4 saturated carbocycles.